The van der Waals surface area contributed by atoms with E-state index >= 15 is 4.39 Å². The summed E-state index contributed by atoms with van der Waals surface area (Å²) < 4.78 is 66.2. The van der Waals surface area contributed by atoms with E-state index in [0.29, 0.717) is 25.2 Å². The van der Waals surface area contributed by atoms with Gasteiger partial charge in [-0.15, -0.1) is 4.68 Å². The van der Waals surface area contributed by atoms with E-state index in [1.807, 2.05) is 29.7 Å². The lowest BCUT2D eigenvalue weighted by molar-refractivity contribution is -0.754. The molecule has 1 aromatic carbocycles. The fourth-order valence-electron chi connectivity index (χ4n) is 5.05. The molecule has 0 spiro atoms. The number of hydrogen-bond donors (Lipinski definition) is 0. The first-order chi connectivity index (χ1) is 18.5. The number of aromatic nitrogens is 6. The van der Waals surface area contributed by atoms with Crippen LogP contribution < -0.4 is 15.1 Å². The summed E-state index contributed by atoms with van der Waals surface area (Å²) in [5, 5.41) is 4.14. The summed E-state index contributed by atoms with van der Waals surface area (Å²) in [7, 11) is 3.44. The fraction of sp³-hybridized carbons (Fsp3) is 0.423. The van der Waals surface area contributed by atoms with Crippen LogP contribution in [0, 0.1) is 5.82 Å². The van der Waals surface area contributed by atoms with Crippen LogP contribution >= 0.6 is 0 Å². The first-order valence-electron chi connectivity index (χ1n) is 12.6. The number of alkyl halides is 3. The Morgan fingerprint density at radius 3 is 2.62 bits per heavy atom. The van der Waals surface area contributed by atoms with Gasteiger partial charge < -0.3 is 9.64 Å². The number of rotatable bonds is 4. The molecule has 204 valence electrons. The van der Waals surface area contributed by atoms with Crippen LogP contribution in [0.1, 0.15) is 43.0 Å². The molecular formula is C26H26F4N7O2+. The van der Waals surface area contributed by atoms with Crippen LogP contribution in [0.3, 0.4) is 0 Å². The number of anilines is 1. The first-order valence-corrected chi connectivity index (χ1v) is 12.6. The Hall–Kier alpha value is -3.87. The predicted octanol–water partition coefficient (Wildman–Crippen LogP) is 3.48. The zero-order chi connectivity index (χ0) is 27.6. The summed E-state index contributed by atoms with van der Waals surface area (Å²) >= 11 is 0. The maximum atomic E-state index is 15.1. The van der Waals surface area contributed by atoms with Gasteiger partial charge >= 0.3 is 6.18 Å². The number of aryl methyl sites for hydroxylation is 2. The van der Waals surface area contributed by atoms with E-state index in [2.05, 4.69) is 25.9 Å². The van der Waals surface area contributed by atoms with Crippen molar-refractivity contribution in [2.75, 3.05) is 18.0 Å². The molecule has 1 aliphatic carbocycles. The van der Waals surface area contributed by atoms with Gasteiger partial charge in [0.25, 0.3) is 5.56 Å². The second-order valence-electron chi connectivity index (χ2n) is 10.2. The average Bonchev–Trinajstić information content (AvgIpc) is 3.65. The van der Waals surface area contributed by atoms with Gasteiger partial charge in [0.05, 0.1) is 53.3 Å². The second-order valence-corrected chi connectivity index (χ2v) is 10.2. The van der Waals surface area contributed by atoms with Crippen molar-refractivity contribution in [3.63, 3.8) is 0 Å². The summed E-state index contributed by atoms with van der Waals surface area (Å²) in [6.45, 7) is 2.68. The highest BCUT2D eigenvalue weighted by Crippen LogP contribution is 2.37. The fourth-order valence-corrected chi connectivity index (χ4v) is 5.05. The summed E-state index contributed by atoms with van der Waals surface area (Å²) in [6, 6.07) is 2.72. The third-order valence-electron chi connectivity index (χ3n) is 7.16. The molecule has 6 rings (SSSR count). The summed E-state index contributed by atoms with van der Waals surface area (Å²) in [5.41, 5.74) is -0.861. The molecule has 39 heavy (non-hydrogen) atoms. The molecular weight excluding hydrogens is 518 g/mol. The topological polar surface area (TPSA) is 82.0 Å². The SMILES string of the molecule is C[C@@H]1CN(c2nc(-c3ccc(C(F)(F)F)cc3F)c3cnn(C)c(=O)c3n2)C[C@H](c2cn(C3CC3)[n+](C)c2)O1. The van der Waals surface area contributed by atoms with Gasteiger partial charge in [0.1, 0.15) is 17.4 Å². The molecule has 0 radical (unpaired) electrons. The first kappa shape index (κ1) is 25.4. The highest BCUT2D eigenvalue weighted by molar-refractivity contribution is 5.92. The molecule has 2 atom stereocenters. The maximum absolute atomic E-state index is 15.1. The number of fused-ring (bicyclic) bond motifs is 1. The van der Waals surface area contributed by atoms with Crippen LogP contribution in [-0.2, 0) is 25.0 Å². The molecule has 1 saturated heterocycles. The Morgan fingerprint density at radius 1 is 1.15 bits per heavy atom. The number of morpholine rings is 1. The lowest BCUT2D eigenvalue weighted by Gasteiger charge is -2.36. The van der Waals surface area contributed by atoms with E-state index in [1.165, 1.54) is 13.2 Å². The molecule has 4 heterocycles. The van der Waals surface area contributed by atoms with Crippen LogP contribution in [0.2, 0.25) is 0 Å². The lowest BCUT2D eigenvalue weighted by Crippen LogP contribution is -2.44. The third kappa shape index (κ3) is 4.64. The second kappa shape index (κ2) is 9.11. The van der Waals surface area contributed by atoms with E-state index in [0.717, 1.165) is 35.2 Å². The van der Waals surface area contributed by atoms with Gasteiger partial charge in [-0.05, 0) is 38.0 Å². The Balaban J connectivity index is 1.45. The minimum atomic E-state index is -4.70. The molecule has 0 N–H and O–H groups in total. The zero-order valence-corrected chi connectivity index (χ0v) is 21.5. The predicted molar refractivity (Wildman–Crippen MR) is 132 cm³/mol. The van der Waals surface area contributed by atoms with Crippen molar-refractivity contribution >= 4 is 16.9 Å². The number of halogens is 4. The molecule has 13 heteroatoms. The molecule has 2 aliphatic rings. The van der Waals surface area contributed by atoms with Crippen molar-refractivity contribution in [3.05, 3.63) is 64.1 Å². The van der Waals surface area contributed by atoms with E-state index in [9.17, 15) is 18.0 Å². The monoisotopic (exact) mass is 544 g/mol. The van der Waals surface area contributed by atoms with E-state index < -0.39 is 23.1 Å². The quantitative estimate of drug-likeness (QED) is 0.289. The van der Waals surface area contributed by atoms with Gasteiger partial charge in [0.2, 0.25) is 12.1 Å². The molecule has 1 aliphatic heterocycles. The molecule has 9 nitrogen and oxygen atoms in total. The normalized spacial score (nSPS) is 20.1. The Kier molecular flexibility index (Phi) is 5.93. The van der Waals surface area contributed by atoms with Crippen LogP contribution in [-0.4, -0.2) is 43.6 Å². The average molecular weight is 545 g/mol. The summed E-state index contributed by atoms with van der Waals surface area (Å²) in [6.07, 6.45) is 2.44. The Labute approximate surface area is 220 Å². The molecule has 0 unspecified atom stereocenters. The summed E-state index contributed by atoms with van der Waals surface area (Å²) in [4.78, 5) is 24.0. The van der Waals surface area contributed by atoms with E-state index in [1.54, 1.807) is 0 Å². The van der Waals surface area contributed by atoms with Gasteiger partial charge in [0.15, 0.2) is 7.05 Å². The third-order valence-corrected chi connectivity index (χ3v) is 7.16. The van der Waals surface area contributed by atoms with Crippen molar-refractivity contribution in [3.8, 4) is 11.3 Å². The Morgan fingerprint density at radius 2 is 1.92 bits per heavy atom. The minimum Gasteiger partial charge on any atom is -0.367 e. The van der Waals surface area contributed by atoms with E-state index in [-0.39, 0.29) is 40.3 Å². The molecule has 4 aromatic rings. The number of ether oxygens (including phenoxy) is 1. The van der Waals surface area contributed by atoms with Crippen molar-refractivity contribution < 1.29 is 27.0 Å². The minimum absolute atomic E-state index is 0.00576. The summed E-state index contributed by atoms with van der Waals surface area (Å²) in [5.74, 6) is -0.954. The maximum Gasteiger partial charge on any atom is 0.416 e. The molecule has 1 saturated carbocycles. The smallest absolute Gasteiger partial charge is 0.367 e. The number of benzene rings is 1. The Bertz CT molecular complexity index is 1640. The zero-order valence-electron chi connectivity index (χ0n) is 21.5. The van der Waals surface area contributed by atoms with Gasteiger partial charge in [-0.3, -0.25) is 4.79 Å². The van der Waals surface area contributed by atoms with Crippen molar-refractivity contribution in [1.82, 2.24) is 24.4 Å². The van der Waals surface area contributed by atoms with Crippen molar-refractivity contribution in [2.45, 2.75) is 44.2 Å². The highest BCUT2D eigenvalue weighted by Gasteiger charge is 2.35. The van der Waals surface area contributed by atoms with E-state index in [4.69, 9.17) is 4.74 Å². The number of hydrogen-bond acceptors (Lipinski definition) is 6. The van der Waals surface area contributed by atoms with Crippen molar-refractivity contribution in [1.29, 1.82) is 0 Å². The van der Waals surface area contributed by atoms with Gasteiger partial charge in [0, 0.05) is 19.2 Å². The van der Waals surface area contributed by atoms with Crippen LogP contribution in [0.15, 0.2) is 41.6 Å². The van der Waals surface area contributed by atoms with Crippen LogP contribution in [0.4, 0.5) is 23.5 Å². The van der Waals surface area contributed by atoms with Gasteiger partial charge in [-0.1, -0.05) is 0 Å². The highest BCUT2D eigenvalue weighted by atomic mass is 19.4. The molecule has 0 amide bonds. The van der Waals surface area contributed by atoms with Gasteiger partial charge in [-0.2, -0.15) is 23.0 Å². The molecule has 2 fully saturated rings. The molecule has 3 aromatic heterocycles. The molecule has 0 bridgehead atoms. The standard InChI is InChI=1S/C26H26F4N7O2/c1-14-10-36(13-21(39-14)15-11-34(2)37(12-15)17-5-6-17)25-32-22(19-9-31-35(3)24(38)23(19)33-25)18-7-4-16(8-20(18)27)26(28,29)30/h4,7-9,11-12,14,17,21H,5-6,10,13H2,1-3H3/q+1/t14-,21-/m1/s1. The van der Waals surface area contributed by atoms with Crippen LogP contribution in [0.25, 0.3) is 22.2 Å². The van der Waals surface area contributed by atoms with Crippen molar-refractivity contribution in [2.24, 2.45) is 14.1 Å². The number of nitrogens with zero attached hydrogens (tertiary/aromatic N) is 7. The largest absolute Gasteiger partial charge is 0.416 e. The van der Waals surface area contributed by atoms with Crippen LogP contribution in [0.5, 0.6) is 0 Å². The lowest BCUT2D eigenvalue weighted by atomic mass is 10.0. The van der Waals surface area contributed by atoms with Gasteiger partial charge in [-0.25, -0.2) is 19.0 Å².